The van der Waals surface area contributed by atoms with Crippen LogP contribution < -0.4 is 0 Å². The average molecular weight is 374 g/mol. The van der Waals surface area contributed by atoms with E-state index in [-0.39, 0.29) is 17.6 Å². The van der Waals surface area contributed by atoms with Crippen molar-refractivity contribution in [3.05, 3.63) is 52.2 Å². The second kappa shape index (κ2) is 8.68. The summed E-state index contributed by atoms with van der Waals surface area (Å²) in [6.07, 6.45) is 5.09. The molecule has 25 heavy (non-hydrogen) atoms. The standard InChI is InChI=1S/C20H23NO2S2/c1-24-18-9-3-2-8-17(18)20(23)15-6-4-12-21(14-15)19(22)11-10-16-7-5-13-25-16/h2-3,5,7-9,13,15H,4,6,10-12,14H2,1H3/t15-/m0/s1. The summed E-state index contributed by atoms with van der Waals surface area (Å²) in [5.74, 6) is 0.275. The molecule has 1 aromatic heterocycles. The lowest BCUT2D eigenvalue weighted by Crippen LogP contribution is -2.42. The van der Waals surface area contributed by atoms with E-state index in [0.717, 1.165) is 36.3 Å². The molecule has 1 aromatic carbocycles. The van der Waals surface area contributed by atoms with Crippen LogP contribution in [-0.4, -0.2) is 35.9 Å². The SMILES string of the molecule is CSc1ccccc1C(=O)[C@H]1CCCN(C(=O)CCc2cccs2)C1. The van der Waals surface area contributed by atoms with Crippen molar-refractivity contribution in [2.24, 2.45) is 5.92 Å². The molecule has 1 aliphatic rings. The van der Waals surface area contributed by atoms with E-state index in [1.165, 1.54) is 4.88 Å². The van der Waals surface area contributed by atoms with E-state index < -0.39 is 0 Å². The Kier molecular flexibility index (Phi) is 6.32. The first kappa shape index (κ1) is 18.2. The zero-order valence-corrected chi connectivity index (χ0v) is 16.1. The van der Waals surface area contributed by atoms with Crippen LogP contribution in [0.3, 0.4) is 0 Å². The summed E-state index contributed by atoms with van der Waals surface area (Å²) in [5, 5.41) is 2.04. The Bertz CT molecular complexity index is 727. The second-order valence-corrected chi connectivity index (χ2v) is 8.20. The van der Waals surface area contributed by atoms with E-state index in [0.29, 0.717) is 13.0 Å². The second-order valence-electron chi connectivity index (χ2n) is 6.32. The molecular formula is C20H23NO2S2. The molecule has 0 N–H and O–H groups in total. The molecule has 1 saturated heterocycles. The lowest BCUT2D eigenvalue weighted by Gasteiger charge is -2.32. The number of nitrogens with zero attached hydrogens (tertiary/aromatic N) is 1. The van der Waals surface area contributed by atoms with E-state index in [1.807, 2.05) is 46.9 Å². The summed E-state index contributed by atoms with van der Waals surface area (Å²) < 4.78 is 0. The number of amides is 1. The first-order valence-corrected chi connectivity index (χ1v) is 10.8. The number of carbonyl (C=O) groups is 2. The molecule has 3 nitrogen and oxygen atoms in total. The average Bonchev–Trinajstić information content (AvgIpc) is 3.19. The van der Waals surface area contributed by atoms with Gasteiger partial charge in [0.1, 0.15) is 0 Å². The molecule has 2 heterocycles. The third kappa shape index (κ3) is 4.53. The van der Waals surface area contributed by atoms with Gasteiger partial charge in [-0.25, -0.2) is 0 Å². The number of ketones is 1. The molecular weight excluding hydrogens is 350 g/mol. The lowest BCUT2D eigenvalue weighted by atomic mass is 9.89. The van der Waals surface area contributed by atoms with Gasteiger partial charge in [0.2, 0.25) is 5.91 Å². The van der Waals surface area contributed by atoms with E-state index >= 15 is 0 Å². The number of carbonyl (C=O) groups excluding carboxylic acids is 2. The van der Waals surface area contributed by atoms with Crippen LogP contribution in [0.2, 0.25) is 0 Å². The van der Waals surface area contributed by atoms with Gasteiger partial charge in [0, 0.05) is 40.8 Å². The van der Waals surface area contributed by atoms with Gasteiger partial charge in [0.05, 0.1) is 0 Å². The molecule has 5 heteroatoms. The Morgan fingerprint density at radius 1 is 1.24 bits per heavy atom. The summed E-state index contributed by atoms with van der Waals surface area (Å²) in [6, 6.07) is 11.9. The predicted molar refractivity (Wildman–Crippen MR) is 104 cm³/mol. The number of piperidine rings is 1. The van der Waals surface area contributed by atoms with Gasteiger partial charge in [0.25, 0.3) is 0 Å². The monoisotopic (exact) mass is 373 g/mol. The number of thiophene rings is 1. The van der Waals surface area contributed by atoms with Crippen LogP contribution in [0.5, 0.6) is 0 Å². The van der Waals surface area contributed by atoms with Crippen molar-refractivity contribution in [1.82, 2.24) is 4.90 Å². The number of hydrogen-bond donors (Lipinski definition) is 0. The van der Waals surface area contributed by atoms with Crippen LogP contribution >= 0.6 is 23.1 Å². The fraction of sp³-hybridized carbons (Fsp3) is 0.400. The first-order valence-electron chi connectivity index (χ1n) is 8.66. The van der Waals surface area contributed by atoms with Gasteiger partial charge >= 0.3 is 0 Å². The van der Waals surface area contributed by atoms with Gasteiger partial charge < -0.3 is 4.90 Å². The van der Waals surface area contributed by atoms with Crippen LogP contribution in [-0.2, 0) is 11.2 Å². The van der Waals surface area contributed by atoms with Crippen molar-refractivity contribution in [3.63, 3.8) is 0 Å². The van der Waals surface area contributed by atoms with Crippen LogP contribution in [0.25, 0.3) is 0 Å². The molecule has 1 aliphatic heterocycles. The number of rotatable bonds is 6. The molecule has 1 amide bonds. The van der Waals surface area contributed by atoms with Crippen molar-refractivity contribution in [1.29, 1.82) is 0 Å². The summed E-state index contributed by atoms with van der Waals surface area (Å²) in [5.41, 5.74) is 0.799. The zero-order chi connectivity index (χ0) is 17.6. The fourth-order valence-electron chi connectivity index (χ4n) is 3.33. The van der Waals surface area contributed by atoms with Gasteiger partial charge in [-0.15, -0.1) is 23.1 Å². The van der Waals surface area contributed by atoms with Crippen molar-refractivity contribution < 1.29 is 9.59 Å². The first-order chi connectivity index (χ1) is 12.2. The van der Waals surface area contributed by atoms with Gasteiger partial charge in [-0.3, -0.25) is 9.59 Å². The number of thioether (sulfide) groups is 1. The van der Waals surface area contributed by atoms with Crippen molar-refractivity contribution in [2.75, 3.05) is 19.3 Å². The Hall–Kier alpha value is -1.59. The molecule has 132 valence electrons. The molecule has 0 unspecified atom stereocenters. The normalized spacial score (nSPS) is 17.5. The Morgan fingerprint density at radius 3 is 2.84 bits per heavy atom. The van der Waals surface area contributed by atoms with Crippen LogP contribution in [0, 0.1) is 5.92 Å². The maximum Gasteiger partial charge on any atom is 0.222 e. The number of likely N-dealkylation sites (tertiary alicyclic amines) is 1. The molecule has 3 rings (SSSR count). The molecule has 0 bridgehead atoms. The fourth-order valence-corrected chi connectivity index (χ4v) is 4.64. The van der Waals surface area contributed by atoms with Crippen molar-refractivity contribution >= 4 is 34.8 Å². The number of Topliss-reactive ketones (excluding diaryl/α,β-unsaturated/α-hetero) is 1. The minimum Gasteiger partial charge on any atom is -0.342 e. The summed E-state index contributed by atoms with van der Waals surface area (Å²) in [6.45, 7) is 1.34. The Morgan fingerprint density at radius 2 is 2.08 bits per heavy atom. The summed E-state index contributed by atoms with van der Waals surface area (Å²) in [7, 11) is 0. The van der Waals surface area contributed by atoms with E-state index in [9.17, 15) is 9.59 Å². The molecule has 0 aliphatic carbocycles. The Balaban J connectivity index is 1.62. The third-order valence-electron chi connectivity index (χ3n) is 4.68. The van der Waals surface area contributed by atoms with Gasteiger partial charge in [0.15, 0.2) is 5.78 Å². The maximum absolute atomic E-state index is 12.9. The quantitative estimate of drug-likeness (QED) is 0.552. The number of benzene rings is 1. The molecule has 0 saturated carbocycles. The topological polar surface area (TPSA) is 37.4 Å². The van der Waals surface area contributed by atoms with Crippen LogP contribution in [0.4, 0.5) is 0 Å². The highest BCUT2D eigenvalue weighted by Gasteiger charge is 2.29. The van der Waals surface area contributed by atoms with Crippen LogP contribution in [0.15, 0.2) is 46.7 Å². The van der Waals surface area contributed by atoms with Crippen molar-refractivity contribution in [3.8, 4) is 0 Å². The lowest BCUT2D eigenvalue weighted by molar-refractivity contribution is -0.132. The molecule has 1 atom stereocenters. The van der Waals surface area contributed by atoms with E-state index in [2.05, 4.69) is 6.07 Å². The molecule has 0 radical (unpaired) electrons. The number of aryl methyl sites for hydroxylation is 1. The Labute approximate surface area is 157 Å². The van der Waals surface area contributed by atoms with Gasteiger partial charge in [-0.05, 0) is 43.0 Å². The van der Waals surface area contributed by atoms with Crippen LogP contribution in [0.1, 0.15) is 34.5 Å². The zero-order valence-electron chi connectivity index (χ0n) is 14.4. The highest BCUT2D eigenvalue weighted by atomic mass is 32.2. The molecule has 1 fully saturated rings. The molecule has 0 spiro atoms. The van der Waals surface area contributed by atoms with E-state index in [1.54, 1.807) is 23.1 Å². The maximum atomic E-state index is 12.9. The predicted octanol–water partition coefficient (Wildman–Crippen LogP) is 4.52. The molecule has 2 aromatic rings. The summed E-state index contributed by atoms with van der Waals surface area (Å²) >= 11 is 3.29. The summed E-state index contributed by atoms with van der Waals surface area (Å²) in [4.78, 5) is 29.6. The van der Waals surface area contributed by atoms with Crippen molar-refractivity contribution in [2.45, 2.75) is 30.6 Å². The minimum atomic E-state index is -0.0762. The largest absolute Gasteiger partial charge is 0.342 e. The number of hydrogen-bond acceptors (Lipinski definition) is 4. The third-order valence-corrected chi connectivity index (χ3v) is 6.41. The minimum absolute atomic E-state index is 0.0762. The highest BCUT2D eigenvalue weighted by Crippen LogP contribution is 2.27. The van der Waals surface area contributed by atoms with Gasteiger partial charge in [-0.1, -0.05) is 24.3 Å². The van der Waals surface area contributed by atoms with Gasteiger partial charge in [-0.2, -0.15) is 0 Å². The van der Waals surface area contributed by atoms with E-state index in [4.69, 9.17) is 0 Å². The smallest absolute Gasteiger partial charge is 0.222 e. The highest BCUT2D eigenvalue weighted by molar-refractivity contribution is 7.98.